The Kier molecular flexibility index (Phi) is 4.54. The van der Waals surface area contributed by atoms with Gasteiger partial charge in [0, 0.05) is 43.6 Å². The fourth-order valence-electron chi connectivity index (χ4n) is 4.43. The zero-order chi connectivity index (χ0) is 17.4. The minimum absolute atomic E-state index is 0.00829. The van der Waals surface area contributed by atoms with Gasteiger partial charge in [0.2, 0.25) is 5.91 Å². The van der Waals surface area contributed by atoms with Crippen molar-refractivity contribution in [2.75, 3.05) is 39.3 Å². The second-order valence-electron chi connectivity index (χ2n) is 7.57. The molecule has 0 N–H and O–H groups in total. The molecule has 1 aromatic heterocycles. The van der Waals surface area contributed by atoms with Crippen LogP contribution >= 0.6 is 11.3 Å². The normalized spacial score (nSPS) is 26.9. The predicted octanol–water partition coefficient (Wildman–Crippen LogP) is 1.75. The first-order chi connectivity index (χ1) is 12.1. The Morgan fingerprint density at radius 1 is 1.12 bits per heavy atom. The first-order valence-electron chi connectivity index (χ1n) is 9.32. The Labute approximate surface area is 152 Å². The Hall–Kier alpha value is -1.47. The summed E-state index contributed by atoms with van der Waals surface area (Å²) in [6, 6.07) is 0. The van der Waals surface area contributed by atoms with E-state index >= 15 is 0 Å². The Morgan fingerprint density at radius 2 is 1.88 bits per heavy atom. The number of amides is 2. The summed E-state index contributed by atoms with van der Waals surface area (Å²) < 4.78 is 0. The molecule has 2 amide bonds. The maximum atomic E-state index is 12.8. The molecule has 136 valence electrons. The van der Waals surface area contributed by atoms with Gasteiger partial charge in [-0.25, -0.2) is 4.98 Å². The monoisotopic (exact) mass is 362 g/mol. The lowest BCUT2D eigenvalue weighted by Gasteiger charge is -2.57. The van der Waals surface area contributed by atoms with Crippen LogP contribution in [-0.2, 0) is 4.79 Å². The number of hydrogen-bond acceptors (Lipinski definition) is 5. The van der Waals surface area contributed by atoms with E-state index in [9.17, 15) is 9.59 Å². The third kappa shape index (κ3) is 3.19. The van der Waals surface area contributed by atoms with Crippen LogP contribution in [-0.4, -0.2) is 76.3 Å². The molecule has 1 atom stereocenters. The van der Waals surface area contributed by atoms with Crippen LogP contribution in [0.15, 0.2) is 5.38 Å². The van der Waals surface area contributed by atoms with E-state index in [0.29, 0.717) is 12.2 Å². The van der Waals surface area contributed by atoms with E-state index in [-0.39, 0.29) is 17.4 Å². The minimum atomic E-state index is 0.00829. The molecule has 3 aliphatic rings. The summed E-state index contributed by atoms with van der Waals surface area (Å²) >= 11 is 1.52. The van der Waals surface area contributed by atoms with Crippen LogP contribution in [0.4, 0.5) is 0 Å². The van der Waals surface area contributed by atoms with Crippen LogP contribution < -0.4 is 0 Å². The van der Waals surface area contributed by atoms with Gasteiger partial charge in [-0.1, -0.05) is 0 Å². The van der Waals surface area contributed by atoms with E-state index in [0.717, 1.165) is 69.8 Å². The number of thiazole rings is 1. The molecule has 1 spiro atoms. The maximum Gasteiger partial charge on any atom is 0.273 e. The number of aromatic nitrogens is 1. The van der Waals surface area contributed by atoms with E-state index in [1.165, 1.54) is 11.3 Å². The van der Waals surface area contributed by atoms with E-state index in [1.54, 1.807) is 0 Å². The van der Waals surface area contributed by atoms with Crippen molar-refractivity contribution in [3.05, 3.63) is 16.1 Å². The molecule has 0 aliphatic carbocycles. The quantitative estimate of drug-likeness (QED) is 0.822. The molecule has 7 heteroatoms. The lowest BCUT2D eigenvalue weighted by molar-refractivity contribution is -0.138. The molecule has 0 radical (unpaired) electrons. The molecule has 6 nitrogen and oxygen atoms in total. The summed E-state index contributed by atoms with van der Waals surface area (Å²) in [6.07, 6.45) is 5.43. The van der Waals surface area contributed by atoms with Gasteiger partial charge >= 0.3 is 0 Å². The zero-order valence-corrected chi connectivity index (χ0v) is 15.7. The van der Waals surface area contributed by atoms with Crippen molar-refractivity contribution in [3.63, 3.8) is 0 Å². The lowest BCUT2D eigenvalue weighted by Crippen LogP contribution is -2.68. The molecular weight excluding hydrogens is 336 g/mol. The van der Waals surface area contributed by atoms with Crippen molar-refractivity contribution >= 4 is 23.2 Å². The van der Waals surface area contributed by atoms with Crippen LogP contribution in [0.1, 0.15) is 47.6 Å². The lowest BCUT2D eigenvalue weighted by atomic mass is 9.77. The largest absolute Gasteiger partial charge is 0.342 e. The van der Waals surface area contributed by atoms with Crippen LogP contribution in [0.5, 0.6) is 0 Å². The average Bonchev–Trinajstić information content (AvgIpc) is 3.29. The highest BCUT2D eigenvalue weighted by Crippen LogP contribution is 2.39. The zero-order valence-electron chi connectivity index (χ0n) is 14.9. The van der Waals surface area contributed by atoms with Gasteiger partial charge in [0.25, 0.3) is 5.91 Å². The summed E-state index contributed by atoms with van der Waals surface area (Å²) in [5, 5.41) is 2.78. The fourth-order valence-corrected chi connectivity index (χ4v) is 5.02. The Morgan fingerprint density at radius 3 is 2.52 bits per heavy atom. The predicted molar refractivity (Wildman–Crippen MR) is 96.7 cm³/mol. The number of nitrogens with zero attached hydrogens (tertiary/aromatic N) is 4. The molecule has 1 unspecified atom stereocenters. The second kappa shape index (κ2) is 6.68. The standard InChI is InChI=1S/C18H26N4O2S/c1-14-19-15(12-25-14)17(24)21-9-4-5-18(13-21)6-10-22(18)11-16(23)20-7-2-3-8-20/h12H,2-11,13H2,1H3. The molecule has 4 rings (SSSR count). The van der Waals surface area contributed by atoms with E-state index in [4.69, 9.17) is 0 Å². The number of likely N-dealkylation sites (tertiary alicyclic amines) is 3. The van der Waals surface area contributed by atoms with Gasteiger partial charge in [-0.05, 0) is 39.0 Å². The van der Waals surface area contributed by atoms with Gasteiger partial charge in [0.15, 0.2) is 0 Å². The summed E-state index contributed by atoms with van der Waals surface area (Å²) in [7, 11) is 0. The van der Waals surface area contributed by atoms with Crippen molar-refractivity contribution in [1.82, 2.24) is 19.7 Å². The first-order valence-corrected chi connectivity index (χ1v) is 10.2. The van der Waals surface area contributed by atoms with E-state index in [2.05, 4.69) is 9.88 Å². The molecule has 0 aromatic carbocycles. The highest BCUT2D eigenvalue weighted by Gasteiger charge is 2.49. The van der Waals surface area contributed by atoms with Gasteiger partial charge in [-0.15, -0.1) is 11.3 Å². The molecule has 25 heavy (non-hydrogen) atoms. The fraction of sp³-hybridized carbons (Fsp3) is 0.722. The number of carbonyl (C=O) groups excluding carboxylic acids is 2. The third-order valence-corrected chi connectivity index (χ3v) is 6.76. The average molecular weight is 362 g/mol. The molecular formula is C18H26N4O2S. The van der Waals surface area contributed by atoms with Gasteiger partial charge < -0.3 is 9.80 Å². The van der Waals surface area contributed by atoms with Crippen LogP contribution in [0.25, 0.3) is 0 Å². The highest BCUT2D eigenvalue weighted by atomic mass is 32.1. The number of piperidine rings is 1. The number of hydrogen-bond donors (Lipinski definition) is 0. The van der Waals surface area contributed by atoms with Crippen molar-refractivity contribution < 1.29 is 9.59 Å². The Balaban J connectivity index is 1.41. The maximum absolute atomic E-state index is 12.8. The molecule has 4 heterocycles. The molecule has 3 fully saturated rings. The molecule has 3 aliphatic heterocycles. The minimum Gasteiger partial charge on any atom is -0.342 e. The SMILES string of the molecule is Cc1nc(C(=O)N2CCCC3(CCN3CC(=O)N3CCCC3)C2)cs1. The van der Waals surface area contributed by atoms with Gasteiger partial charge in [0.1, 0.15) is 5.69 Å². The molecule has 3 saturated heterocycles. The van der Waals surface area contributed by atoms with Crippen LogP contribution in [0, 0.1) is 6.92 Å². The van der Waals surface area contributed by atoms with Crippen molar-refractivity contribution in [3.8, 4) is 0 Å². The van der Waals surface area contributed by atoms with Crippen LogP contribution in [0.2, 0.25) is 0 Å². The topological polar surface area (TPSA) is 56.8 Å². The summed E-state index contributed by atoms with van der Waals surface area (Å²) in [5.74, 6) is 0.302. The van der Waals surface area contributed by atoms with Crippen molar-refractivity contribution in [2.24, 2.45) is 0 Å². The van der Waals surface area contributed by atoms with Crippen molar-refractivity contribution in [2.45, 2.75) is 44.6 Å². The van der Waals surface area contributed by atoms with Crippen molar-refractivity contribution in [1.29, 1.82) is 0 Å². The van der Waals surface area contributed by atoms with Gasteiger partial charge in [0.05, 0.1) is 11.6 Å². The number of aryl methyl sites for hydroxylation is 1. The smallest absolute Gasteiger partial charge is 0.273 e. The van der Waals surface area contributed by atoms with Crippen LogP contribution in [0.3, 0.4) is 0 Å². The molecule has 1 aromatic rings. The summed E-state index contributed by atoms with van der Waals surface area (Å²) in [4.78, 5) is 35.9. The summed E-state index contributed by atoms with van der Waals surface area (Å²) in [5.41, 5.74) is 0.576. The van der Waals surface area contributed by atoms with Gasteiger partial charge in [-0.3, -0.25) is 14.5 Å². The number of rotatable bonds is 3. The first kappa shape index (κ1) is 17.0. The van der Waals surface area contributed by atoms with Gasteiger partial charge in [-0.2, -0.15) is 0 Å². The highest BCUT2D eigenvalue weighted by molar-refractivity contribution is 7.09. The van der Waals surface area contributed by atoms with E-state index < -0.39 is 0 Å². The van der Waals surface area contributed by atoms with E-state index in [1.807, 2.05) is 22.1 Å². The molecule has 0 saturated carbocycles. The molecule has 0 bridgehead atoms. The second-order valence-corrected chi connectivity index (χ2v) is 8.63. The third-order valence-electron chi connectivity index (χ3n) is 5.98. The number of carbonyl (C=O) groups is 2. The Bertz CT molecular complexity index is 670. The summed E-state index contributed by atoms with van der Waals surface area (Å²) in [6.45, 7) is 6.76.